The van der Waals surface area contributed by atoms with Crippen LogP contribution in [0.15, 0.2) is 12.4 Å². The van der Waals surface area contributed by atoms with Gasteiger partial charge >= 0.3 is 8.80 Å². The van der Waals surface area contributed by atoms with Crippen LogP contribution < -0.4 is 0 Å². The maximum Gasteiger partial charge on any atom is 0.503 e. The summed E-state index contributed by atoms with van der Waals surface area (Å²) < 4.78 is 24.9. The van der Waals surface area contributed by atoms with Gasteiger partial charge in [0.1, 0.15) is 5.82 Å². The minimum atomic E-state index is -2.82. The van der Waals surface area contributed by atoms with Gasteiger partial charge in [0.15, 0.2) is 0 Å². The number of nitrogens with zero attached hydrogens (tertiary/aromatic N) is 2. The molecule has 24 heavy (non-hydrogen) atoms. The SMILES string of the molecule is CCO[Si](CC(O)COCCCn1ccnc1C)(OCC)OCC. The van der Waals surface area contributed by atoms with E-state index in [1.54, 1.807) is 6.20 Å². The first-order valence-electron chi connectivity index (χ1n) is 8.72. The van der Waals surface area contributed by atoms with Crippen molar-refractivity contribution >= 4 is 8.80 Å². The predicted octanol–water partition coefficient (Wildman–Crippen LogP) is 2.01. The van der Waals surface area contributed by atoms with Crippen molar-refractivity contribution in [3.05, 3.63) is 18.2 Å². The smallest absolute Gasteiger partial charge is 0.391 e. The van der Waals surface area contributed by atoms with Crippen LogP contribution in [0.25, 0.3) is 0 Å². The number of aryl methyl sites for hydroxylation is 2. The molecule has 1 heterocycles. The summed E-state index contributed by atoms with van der Waals surface area (Å²) in [4.78, 5) is 4.18. The Hall–Kier alpha value is -0.773. The van der Waals surface area contributed by atoms with Crippen molar-refractivity contribution in [3.8, 4) is 0 Å². The zero-order chi connectivity index (χ0) is 17.8. The van der Waals surface area contributed by atoms with E-state index in [4.69, 9.17) is 18.0 Å². The molecular weight excluding hydrogens is 328 g/mol. The molecule has 140 valence electrons. The molecule has 0 aliphatic carbocycles. The van der Waals surface area contributed by atoms with Gasteiger partial charge in [-0.05, 0) is 34.1 Å². The molecule has 0 aromatic carbocycles. The van der Waals surface area contributed by atoms with E-state index >= 15 is 0 Å². The Bertz CT molecular complexity index is 427. The number of ether oxygens (including phenoxy) is 1. The number of hydrogen-bond acceptors (Lipinski definition) is 6. The highest BCUT2D eigenvalue weighted by Gasteiger charge is 2.42. The van der Waals surface area contributed by atoms with E-state index in [2.05, 4.69) is 9.55 Å². The fraction of sp³-hybridized carbons (Fsp3) is 0.812. The highest BCUT2D eigenvalue weighted by molar-refractivity contribution is 6.60. The van der Waals surface area contributed by atoms with Gasteiger partial charge in [-0.3, -0.25) is 0 Å². The molecule has 7 nitrogen and oxygen atoms in total. The lowest BCUT2D eigenvalue weighted by Crippen LogP contribution is -2.49. The average Bonchev–Trinajstić information content (AvgIpc) is 2.93. The van der Waals surface area contributed by atoms with E-state index < -0.39 is 14.9 Å². The third-order valence-corrected chi connectivity index (χ3v) is 6.66. The third-order valence-electron chi connectivity index (χ3n) is 3.50. The molecule has 1 aromatic rings. The van der Waals surface area contributed by atoms with Crippen molar-refractivity contribution in [2.24, 2.45) is 0 Å². The van der Waals surface area contributed by atoms with Crippen LogP contribution in [-0.2, 0) is 24.6 Å². The summed E-state index contributed by atoms with van der Waals surface area (Å²) in [6.07, 6.45) is 3.96. The van der Waals surface area contributed by atoms with Crippen molar-refractivity contribution in [2.45, 2.75) is 52.8 Å². The molecule has 1 aromatic heterocycles. The Morgan fingerprint density at radius 3 is 2.29 bits per heavy atom. The molecule has 0 aliphatic heterocycles. The quantitative estimate of drug-likeness (QED) is 0.404. The van der Waals surface area contributed by atoms with Gasteiger partial charge in [0, 0.05) is 51.4 Å². The second kappa shape index (κ2) is 11.7. The standard InChI is InChI=1S/C16H32N2O5Si/c1-5-21-24(22-6-2,23-7-3)14-16(19)13-20-12-8-10-18-11-9-17-15(18)4/h9,11,16,19H,5-8,10,12-14H2,1-4H3. The Labute approximate surface area is 146 Å². The molecular formula is C16H32N2O5Si. The van der Waals surface area contributed by atoms with E-state index in [1.165, 1.54) is 0 Å². The van der Waals surface area contributed by atoms with Crippen molar-refractivity contribution in [1.29, 1.82) is 0 Å². The number of hydrogen-bond donors (Lipinski definition) is 1. The second-order valence-electron chi connectivity index (χ2n) is 5.44. The fourth-order valence-electron chi connectivity index (χ4n) is 2.51. The van der Waals surface area contributed by atoms with Crippen molar-refractivity contribution in [2.75, 3.05) is 33.0 Å². The normalized spacial score (nSPS) is 13.4. The zero-order valence-electron chi connectivity index (χ0n) is 15.4. The summed E-state index contributed by atoms with van der Waals surface area (Å²) in [5.41, 5.74) is 0. The Morgan fingerprint density at radius 2 is 1.79 bits per heavy atom. The molecule has 0 saturated carbocycles. The Balaban J connectivity index is 2.31. The van der Waals surface area contributed by atoms with E-state index in [9.17, 15) is 5.11 Å². The van der Waals surface area contributed by atoms with Crippen molar-refractivity contribution in [3.63, 3.8) is 0 Å². The van der Waals surface area contributed by atoms with Crippen LogP contribution in [0.4, 0.5) is 0 Å². The maximum atomic E-state index is 10.2. The van der Waals surface area contributed by atoms with Crippen LogP contribution in [-0.4, -0.2) is 62.6 Å². The van der Waals surface area contributed by atoms with Gasteiger partial charge in [-0.1, -0.05) is 0 Å². The molecule has 1 atom stereocenters. The first-order chi connectivity index (χ1) is 11.6. The van der Waals surface area contributed by atoms with Crippen LogP contribution in [0.5, 0.6) is 0 Å². The fourth-order valence-corrected chi connectivity index (χ4v) is 5.12. The van der Waals surface area contributed by atoms with Crippen LogP contribution in [0.3, 0.4) is 0 Å². The van der Waals surface area contributed by atoms with Crippen LogP contribution >= 0.6 is 0 Å². The molecule has 1 unspecified atom stereocenters. The number of aliphatic hydroxyl groups excluding tert-OH is 1. The molecule has 0 fully saturated rings. The summed E-state index contributed by atoms with van der Waals surface area (Å²) in [6.45, 7) is 10.9. The van der Waals surface area contributed by atoms with Crippen LogP contribution in [0.1, 0.15) is 33.0 Å². The lowest BCUT2D eigenvalue weighted by Gasteiger charge is -2.30. The highest BCUT2D eigenvalue weighted by Crippen LogP contribution is 2.18. The summed E-state index contributed by atoms with van der Waals surface area (Å²) >= 11 is 0. The first kappa shape index (κ1) is 21.3. The van der Waals surface area contributed by atoms with E-state index in [0.29, 0.717) is 32.5 Å². The summed E-state index contributed by atoms with van der Waals surface area (Å²) in [7, 11) is -2.82. The minimum absolute atomic E-state index is 0.255. The van der Waals surface area contributed by atoms with Gasteiger partial charge in [0.2, 0.25) is 0 Å². The lowest BCUT2D eigenvalue weighted by molar-refractivity contribution is 0.0182. The van der Waals surface area contributed by atoms with Gasteiger partial charge in [-0.2, -0.15) is 0 Å². The molecule has 1 rings (SSSR count). The van der Waals surface area contributed by atoms with Gasteiger partial charge in [0.05, 0.1) is 12.7 Å². The number of aromatic nitrogens is 2. The largest absolute Gasteiger partial charge is 0.503 e. The topological polar surface area (TPSA) is 75.0 Å². The maximum absolute atomic E-state index is 10.2. The monoisotopic (exact) mass is 360 g/mol. The molecule has 0 saturated heterocycles. The zero-order valence-corrected chi connectivity index (χ0v) is 16.4. The molecule has 8 heteroatoms. The summed E-state index contributed by atoms with van der Waals surface area (Å²) in [6, 6.07) is 0.350. The van der Waals surface area contributed by atoms with Gasteiger partial charge in [-0.15, -0.1) is 0 Å². The Kier molecular flexibility index (Phi) is 10.4. The van der Waals surface area contributed by atoms with Crippen LogP contribution in [0.2, 0.25) is 6.04 Å². The third kappa shape index (κ3) is 7.41. The number of rotatable bonds is 14. The molecule has 0 radical (unpaired) electrons. The van der Waals surface area contributed by atoms with Crippen molar-refractivity contribution in [1.82, 2.24) is 9.55 Å². The molecule has 0 bridgehead atoms. The van der Waals surface area contributed by atoms with Gasteiger partial charge in [-0.25, -0.2) is 4.98 Å². The number of imidazole rings is 1. The average molecular weight is 361 g/mol. The lowest BCUT2D eigenvalue weighted by atomic mass is 10.4. The molecule has 1 N–H and O–H groups in total. The highest BCUT2D eigenvalue weighted by atomic mass is 28.4. The molecule has 0 aliphatic rings. The van der Waals surface area contributed by atoms with Gasteiger partial charge in [0.25, 0.3) is 0 Å². The van der Waals surface area contributed by atoms with E-state index in [0.717, 1.165) is 18.8 Å². The van der Waals surface area contributed by atoms with Crippen molar-refractivity contribution < 1.29 is 23.1 Å². The van der Waals surface area contributed by atoms with E-state index in [1.807, 2.05) is 33.9 Å². The van der Waals surface area contributed by atoms with Gasteiger partial charge < -0.3 is 27.7 Å². The van der Waals surface area contributed by atoms with E-state index in [-0.39, 0.29) is 6.61 Å². The van der Waals surface area contributed by atoms with Crippen LogP contribution in [0, 0.1) is 6.92 Å². The molecule has 0 spiro atoms. The summed E-state index contributed by atoms with van der Waals surface area (Å²) in [5.74, 6) is 0.996. The number of aliphatic hydroxyl groups is 1. The Morgan fingerprint density at radius 1 is 1.17 bits per heavy atom. The molecule has 0 amide bonds. The minimum Gasteiger partial charge on any atom is -0.391 e. The second-order valence-corrected chi connectivity index (χ2v) is 8.08. The predicted molar refractivity (Wildman–Crippen MR) is 93.8 cm³/mol. The first-order valence-corrected chi connectivity index (χ1v) is 10.7. The summed E-state index contributed by atoms with van der Waals surface area (Å²) in [5, 5.41) is 10.2.